The number of amides is 2. The van der Waals surface area contributed by atoms with Gasteiger partial charge >= 0.3 is 0 Å². The molecule has 41 heavy (non-hydrogen) atoms. The van der Waals surface area contributed by atoms with Gasteiger partial charge in [-0.05, 0) is 47.5 Å². The van der Waals surface area contributed by atoms with Crippen LogP contribution in [0.2, 0.25) is 0 Å². The molecule has 0 radical (unpaired) electrons. The minimum Gasteiger partial charge on any atom is -0.363 e. The lowest BCUT2D eigenvalue weighted by Gasteiger charge is -2.34. The van der Waals surface area contributed by atoms with E-state index in [1.54, 1.807) is 20.2 Å². The molecule has 1 rings (SSSR count). The highest BCUT2D eigenvalue weighted by atomic mass is 16.5. The van der Waals surface area contributed by atoms with Crippen LogP contribution in [0.3, 0.4) is 0 Å². The van der Waals surface area contributed by atoms with Gasteiger partial charge in [-0.1, -0.05) is 90.4 Å². The second-order valence-corrected chi connectivity index (χ2v) is 13.4. The third kappa shape index (κ3) is 14.3. The summed E-state index contributed by atoms with van der Waals surface area (Å²) in [5.74, 6) is -0.504. The SMILES string of the molecule is CCCCCCCCCCCCCCCCC1(OC)C=NCC(C)(C)NC(=O)C(C)(OC)C=NCC(C)(C)NC1=O. The van der Waals surface area contributed by atoms with Crippen LogP contribution in [0.4, 0.5) is 0 Å². The average Bonchev–Trinajstić information content (AvgIpc) is 2.90. The molecule has 0 aromatic heterocycles. The quantitative estimate of drug-likeness (QED) is 0.190. The lowest BCUT2D eigenvalue weighted by atomic mass is 9.93. The maximum absolute atomic E-state index is 13.6. The van der Waals surface area contributed by atoms with Crippen molar-refractivity contribution in [1.82, 2.24) is 10.6 Å². The number of carbonyl (C=O) groups is 2. The van der Waals surface area contributed by atoms with E-state index < -0.39 is 22.3 Å². The van der Waals surface area contributed by atoms with Crippen LogP contribution in [-0.4, -0.2) is 73.8 Å². The van der Waals surface area contributed by atoms with Gasteiger partial charge in [0, 0.05) is 26.6 Å². The van der Waals surface area contributed by atoms with Crippen LogP contribution < -0.4 is 10.6 Å². The van der Waals surface area contributed by atoms with Crippen molar-refractivity contribution in [2.75, 3.05) is 27.3 Å². The highest BCUT2D eigenvalue weighted by Crippen LogP contribution is 2.22. The Kier molecular flexibility index (Phi) is 17.0. The molecule has 0 aliphatic carbocycles. The Bertz CT molecular complexity index is 826. The molecule has 0 saturated carbocycles. The molecule has 0 bridgehead atoms. The van der Waals surface area contributed by atoms with Gasteiger partial charge in [0.15, 0.2) is 11.2 Å². The predicted octanol–water partition coefficient (Wildman–Crippen LogP) is 6.59. The van der Waals surface area contributed by atoms with Crippen LogP contribution in [0.5, 0.6) is 0 Å². The molecule has 0 fully saturated rings. The van der Waals surface area contributed by atoms with Gasteiger partial charge in [0.2, 0.25) is 0 Å². The molecule has 1 aliphatic heterocycles. The van der Waals surface area contributed by atoms with E-state index in [1.165, 1.54) is 84.0 Å². The van der Waals surface area contributed by atoms with Gasteiger partial charge in [-0.3, -0.25) is 19.6 Å². The van der Waals surface area contributed by atoms with Gasteiger partial charge in [-0.2, -0.15) is 0 Å². The predicted molar refractivity (Wildman–Crippen MR) is 171 cm³/mol. The van der Waals surface area contributed by atoms with E-state index in [9.17, 15) is 9.59 Å². The number of nitrogens with zero attached hydrogens (tertiary/aromatic N) is 2. The molecular formula is C33H62N4O4. The summed E-state index contributed by atoms with van der Waals surface area (Å²) in [5, 5.41) is 6.14. The Morgan fingerprint density at radius 2 is 1.05 bits per heavy atom. The molecule has 2 N–H and O–H groups in total. The molecule has 2 amide bonds. The fourth-order valence-corrected chi connectivity index (χ4v) is 5.06. The molecule has 0 aromatic carbocycles. The van der Waals surface area contributed by atoms with E-state index in [4.69, 9.17) is 9.47 Å². The fraction of sp³-hybridized carbons (Fsp3) is 0.879. The molecule has 2 atom stereocenters. The number of unbranched alkanes of at least 4 members (excludes halogenated alkanes) is 13. The number of aliphatic imine (C=N–C) groups is 2. The van der Waals surface area contributed by atoms with Gasteiger partial charge in [-0.15, -0.1) is 0 Å². The van der Waals surface area contributed by atoms with Crippen LogP contribution in [0, 0.1) is 0 Å². The summed E-state index contributed by atoms with van der Waals surface area (Å²) in [6.07, 6.45) is 21.6. The second-order valence-electron chi connectivity index (χ2n) is 13.4. The summed E-state index contributed by atoms with van der Waals surface area (Å²) >= 11 is 0. The second kappa shape index (κ2) is 18.7. The number of carbonyl (C=O) groups excluding carboxylic acids is 2. The minimum absolute atomic E-state index is 0.216. The lowest BCUT2D eigenvalue weighted by molar-refractivity contribution is -0.138. The van der Waals surface area contributed by atoms with E-state index in [0.29, 0.717) is 6.42 Å². The van der Waals surface area contributed by atoms with Crippen molar-refractivity contribution in [3.05, 3.63) is 0 Å². The van der Waals surface area contributed by atoms with Gasteiger partial charge in [-0.25, -0.2) is 0 Å². The van der Waals surface area contributed by atoms with Crippen LogP contribution in [0.15, 0.2) is 9.98 Å². The van der Waals surface area contributed by atoms with E-state index in [1.807, 2.05) is 27.7 Å². The normalized spacial score (nSPS) is 25.0. The number of ether oxygens (including phenoxy) is 2. The van der Waals surface area contributed by atoms with Gasteiger partial charge in [0.25, 0.3) is 11.8 Å². The first-order valence-electron chi connectivity index (χ1n) is 16.1. The molecule has 238 valence electrons. The number of rotatable bonds is 17. The van der Waals surface area contributed by atoms with Crippen LogP contribution in [0.25, 0.3) is 0 Å². The highest BCUT2D eigenvalue weighted by molar-refractivity contribution is 6.03. The van der Waals surface area contributed by atoms with Crippen molar-refractivity contribution < 1.29 is 19.1 Å². The molecule has 2 unspecified atom stereocenters. The maximum Gasteiger partial charge on any atom is 0.258 e. The zero-order valence-electron chi connectivity index (χ0n) is 27.7. The van der Waals surface area contributed by atoms with Crippen molar-refractivity contribution in [2.24, 2.45) is 9.98 Å². The minimum atomic E-state index is -1.23. The average molecular weight is 579 g/mol. The molecule has 8 nitrogen and oxygen atoms in total. The monoisotopic (exact) mass is 578 g/mol. The first kappa shape index (κ1) is 37.2. The Morgan fingerprint density at radius 3 is 1.49 bits per heavy atom. The third-order valence-electron chi connectivity index (χ3n) is 8.04. The van der Waals surface area contributed by atoms with Crippen LogP contribution in [-0.2, 0) is 19.1 Å². The summed E-state index contributed by atoms with van der Waals surface area (Å²) in [6, 6.07) is 0. The van der Waals surface area contributed by atoms with Gasteiger partial charge in [0.05, 0.1) is 24.2 Å². The Labute approximate surface area is 251 Å². The van der Waals surface area contributed by atoms with E-state index in [-0.39, 0.29) is 24.9 Å². The summed E-state index contributed by atoms with van der Waals surface area (Å²) in [7, 11) is 3.05. The van der Waals surface area contributed by atoms with Crippen molar-refractivity contribution in [2.45, 2.75) is 160 Å². The van der Waals surface area contributed by atoms with E-state index >= 15 is 0 Å². The van der Waals surface area contributed by atoms with E-state index in [0.717, 1.165) is 19.3 Å². The van der Waals surface area contributed by atoms with Crippen molar-refractivity contribution in [3.63, 3.8) is 0 Å². The van der Waals surface area contributed by atoms with E-state index in [2.05, 4.69) is 27.5 Å². The van der Waals surface area contributed by atoms with Crippen LogP contribution >= 0.6 is 0 Å². The molecule has 8 heteroatoms. The fourth-order valence-electron chi connectivity index (χ4n) is 5.06. The maximum atomic E-state index is 13.6. The standard InChI is InChI=1S/C33H62N4O4/c1-9-10-11-12-13-14-15-16-17-18-19-20-21-22-23-33(41-8)27-35-25-30(2,3)36-28(38)32(6,40-7)26-34-24-31(4,5)37-29(33)39/h26-27H,9-25H2,1-8H3,(H,36,38)(H,37,39). The topological polar surface area (TPSA) is 101 Å². The summed E-state index contributed by atoms with van der Waals surface area (Å²) in [6.45, 7) is 12.1. The molecule has 1 aliphatic rings. The molecular weight excluding hydrogens is 516 g/mol. The number of nitrogens with one attached hydrogen (secondary N) is 2. The zero-order chi connectivity index (χ0) is 30.8. The Hall–Kier alpha value is -1.80. The molecule has 0 spiro atoms. The number of methoxy groups -OCH3 is 2. The molecule has 0 saturated heterocycles. The molecule has 1 heterocycles. The number of hydrogen-bond acceptors (Lipinski definition) is 6. The lowest BCUT2D eigenvalue weighted by Crippen LogP contribution is -2.58. The smallest absolute Gasteiger partial charge is 0.258 e. The van der Waals surface area contributed by atoms with Crippen LogP contribution in [0.1, 0.15) is 138 Å². The van der Waals surface area contributed by atoms with Gasteiger partial charge in [0.1, 0.15) is 0 Å². The molecule has 0 aromatic rings. The van der Waals surface area contributed by atoms with Crippen molar-refractivity contribution in [3.8, 4) is 0 Å². The first-order chi connectivity index (χ1) is 19.4. The first-order valence-corrected chi connectivity index (χ1v) is 16.1. The number of hydrogen-bond donors (Lipinski definition) is 2. The largest absolute Gasteiger partial charge is 0.363 e. The summed E-state index contributed by atoms with van der Waals surface area (Å²) < 4.78 is 11.4. The zero-order valence-corrected chi connectivity index (χ0v) is 27.7. The van der Waals surface area contributed by atoms with Crippen molar-refractivity contribution >= 4 is 24.2 Å². The Balaban J connectivity index is 2.71. The third-order valence-corrected chi connectivity index (χ3v) is 8.04. The highest BCUT2D eigenvalue weighted by Gasteiger charge is 2.40. The Morgan fingerprint density at radius 1 is 0.634 bits per heavy atom. The summed E-state index contributed by atoms with van der Waals surface area (Å²) in [5.41, 5.74) is -3.72. The van der Waals surface area contributed by atoms with Gasteiger partial charge < -0.3 is 20.1 Å². The summed E-state index contributed by atoms with van der Waals surface area (Å²) in [4.78, 5) is 35.8. The van der Waals surface area contributed by atoms with Crippen molar-refractivity contribution in [1.29, 1.82) is 0 Å².